The Morgan fingerprint density at radius 1 is 0.882 bits per heavy atom. The molecule has 0 aliphatic rings. The average molecular weight is 260 g/mol. The van der Waals surface area contributed by atoms with Crippen LogP contribution in [0.25, 0.3) is 0 Å². The fraction of sp³-hybridized carbons (Fsp3) is 0.571. The highest BCUT2D eigenvalue weighted by Crippen LogP contribution is 2.23. The van der Waals surface area contributed by atoms with Gasteiger partial charge in [0.2, 0.25) is 5.95 Å². The number of anilines is 1. The van der Waals surface area contributed by atoms with E-state index in [2.05, 4.69) is 15.0 Å². The first kappa shape index (κ1) is 13.5. The van der Waals surface area contributed by atoms with E-state index in [9.17, 15) is 26.3 Å². The zero-order valence-electron chi connectivity index (χ0n) is 8.13. The van der Waals surface area contributed by atoms with Crippen molar-refractivity contribution in [1.82, 2.24) is 15.0 Å². The van der Waals surface area contributed by atoms with Crippen LogP contribution in [-0.4, -0.2) is 40.4 Å². The van der Waals surface area contributed by atoms with Gasteiger partial charge in [-0.1, -0.05) is 0 Å². The van der Waals surface area contributed by atoms with Crippen LogP contribution in [0.3, 0.4) is 0 Å². The van der Waals surface area contributed by atoms with Gasteiger partial charge in [-0.25, -0.2) is 15.0 Å². The minimum absolute atomic E-state index is 0.0122. The summed E-state index contributed by atoms with van der Waals surface area (Å²) < 4.78 is 72.5. The average Bonchev–Trinajstić information content (AvgIpc) is 2.14. The smallest absolute Gasteiger partial charge is 0.323 e. The van der Waals surface area contributed by atoms with E-state index in [0.29, 0.717) is 0 Å². The van der Waals surface area contributed by atoms with Gasteiger partial charge < -0.3 is 4.90 Å². The van der Waals surface area contributed by atoms with Gasteiger partial charge in [0, 0.05) is 0 Å². The molecule has 96 valence electrons. The van der Waals surface area contributed by atoms with Crippen molar-refractivity contribution in [3.8, 4) is 0 Å². The van der Waals surface area contributed by atoms with Gasteiger partial charge in [0.15, 0.2) is 0 Å². The second-order valence-corrected chi connectivity index (χ2v) is 3.02. The molecule has 0 amide bonds. The Morgan fingerprint density at radius 3 is 1.65 bits per heavy atom. The highest BCUT2D eigenvalue weighted by molar-refractivity contribution is 5.28. The molecule has 0 N–H and O–H groups in total. The van der Waals surface area contributed by atoms with Gasteiger partial charge in [-0.05, 0) is 0 Å². The minimum atomic E-state index is -4.78. The first-order chi connectivity index (χ1) is 7.67. The summed E-state index contributed by atoms with van der Waals surface area (Å²) in [7, 11) is 0. The third-order valence-electron chi connectivity index (χ3n) is 1.50. The molecule has 1 aromatic rings. The Bertz CT molecular complexity index is 332. The van der Waals surface area contributed by atoms with Crippen molar-refractivity contribution in [3.63, 3.8) is 0 Å². The molecule has 0 radical (unpaired) electrons. The third kappa shape index (κ3) is 5.31. The first-order valence-corrected chi connectivity index (χ1v) is 4.18. The monoisotopic (exact) mass is 260 g/mol. The van der Waals surface area contributed by atoms with Crippen LogP contribution >= 0.6 is 0 Å². The molecular formula is C7H6F6N4. The number of alkyl halides is 6. The lowest BCUT2D eigenvalue weighted by atomic mass is 10.4. The van der Waals surface area contributed by atoms with E-state index in [1.165, 1.54) is 0 Å². The SMILES string of the molecule is FC(F)(F)CN(CC(F)(F)F)c1ncncn1. The largest absolute Gasteiger partial charge is 0.406 e. The molecule has 10 heteroatoms. The summed E-state index contributed by atoms with van der Waals surface area (Å²) in [4.78, 5) is 9.80. The molecule has 0 atom stereocenters. The first-order valence-electron chi connectivity index (χ1n) is 4.18. The predicted molar refractivity (Wildman–Crippen MR) is 44.2 cm³/mol. The van der Waals surface area contributed by atoms with Crippen molar-refractivity contribution in [2.75, 3.05) is 18.0 Å². The lowest BCUT2D eigenvalue weighted by Gasteiger charge is -2.24. The molecule has 0 unspecified atom stereocenters. The second kappa shape index (κ2) is 4.72. The fourth-order valence-electron chi connectivity index (χ4n) is 1.03. The Labute approximate surface area is 91.3 Å². The van der Waals surface area contributed by atoms with Crippen molar-refractivity contribution in [1.29, 1.82) is 0 Å². The van der Waals surface area contributed by atoms with Crippen LogP contribution in [0.4, 0.5) is 32.3 Å². The van der Waals surface area contributed by atoms with Crippen molar-refractivity contribution in [3.05, 3.63) is 12.7 Å². The van der Waals surface area contributed by atoms with Gasteiger partial charge in [-0.15, -0.1) is 0 Å². The van der Waals surface area contributed by atoms with Gasteiger partial charge in [-0.2, -0.15) is 26.3 Å². The Balaban J connectivity index is 2.87. The fourth-order valence-corrected chi connectivity index (χ4v) is 1.03. The van der Waals surface area contributed by atoms with Crippen molar-refractivity contribution >= 4 is 5.95 Å². The number of halogens is 6. The van der Waals surface area contributed by atoms with Crippen molar-refractivity contribution < 1.29 is 26.3 Å². The summed E-state index contributed by atoms with van der Waals surface area (Å²) in [5.74, 6) is -0.672. The maximum absolute atomic E-state index is 12.1. The van der Waals surface area contributed by atoms with E-state index in [1.807, 2.05) is 0 Å². The topological polar surface area (TPSA) is 41.9 Å². The zero-order valence-corrected chi connectivity index (χ0v) is 8.13. The molecule has 0 bridgehead atoms. The molecule has 1 aromatic heterocycles. The molecule has 1 rings (SSSR count). The van der Waals surface area contributed by atoms with Gasteiger partial charge in [0.25, 0.3) is 0 Å². The summed E-state index contributed by atoms with van der Waals surface area (Å²) in [5, 5.41) is 0. The zero-order chi connectivity index (χ0) is 13.1. The van der Waals surface area contributed by atoms with E-state index in [4.69, 9.17) is 0 Å². The van der Waals surface area contributed by atoms with Crippen molar-refractivity contribution in [2.24, 2.45) is 0 Å². The number of hydrogen-bond acceptors (Lipinski definition) is 4. The van der Waals surface area contributed by atoms with Gasteiger partial charge in [0.1, 0.15) is 25.7 Å². The summed E-state index contributed by atoms with van der Waals surface area (Å²) in [6.45, 7) is -3.56. The standard InChI is InChI=1S/C7H6F6N4/c8-6(9,10)1-17(2-7(11,12)13)5-15-3-14-4-16-5/h3-4H,1-2H2. The molecule has 17 heavy (non-hydrogen) atoms. The summed E-state index contributed by atoms with van der Waals surface area (Å²) in [6, 6.07) is 0. The van der Waals surface area contributed by atoms with Crippen LogP contribution in [0.1, 0.15) is 0 Å². The van der Waals surface area contributed by atoms with Gasteiger partial charge in [0.05, 0.1) is 0 Å². The molecule has 0 spiro atoms. The van der Waals surface area contributed by atoms with E-state index in [-0.39, 0.29) is 4.90 Å². The molecule has 0 aliphatic carbocycles. The van der Waals surface area contributed by atoms with Crippen LogP contribution in [0, 0.1) is 0 Å². The van der Waals surface area contributed by atoms with Gasteiger partial charge >= 0.3 is 12.4 Å². The predicted octanol–water partition coefficient (Wildman–Crippen LogP) is 1.80. The number of rotatable bonds is 3. The Hall–Kier alpha value is -1.61. The van der Waals surface area contributed by atoms with Crippen LogP contribution < -0.4 is 4.90 Å². The van der Waals surface area contributed by atoms with E-state index in [1.54, 1.807) is 0 Å². The summed E-state index contributed by atoms with van der Waals surface area (Å²) in [6.07, 6.45) is -7.92. The van der Waals surface area contributed by atoms with E-state index in [0.717, 1.165) is 12.7 Å². The molecule has 0 aromatic carbocycles. The molecule has 4 nitrogen and oxygen atoms in total. The van der Waals surface area contributed by atoms with Crippen LogP contribution in [0.5, 0.6) is 0 Å². The van der Waals surface area contributed by atoms with E-state index < -0.39 is 31.4 Å². The molecule has 0 aliphatic heterocycles. The maximum atomic E-state index is 12.1. The minimum Gasteiger partial charge on any atom is -0.323 e. The molecular weight excluding hydrogens is 254 g/mol. The Morgan fingerprint density at radius 2 is 1.29 bits per heavy atom. The highest BCUT2D eigenvalue weighted by Gasteiger charge is 2.38. The summed E-state index contributed by atoms with van der Waals surface area (Å²) >= 11 is 0. The van der Waals surface area contributed by atoms with Crippen LogP contribution in [0.15, 0.2) is 12.7 Å². The lowest BCUT2D eigenvalue weighted by Crippen LogP contribution is -2.41. The van der Waals surface area contributed by atoms with E-state index >= 15 is 0 Å². The number of aromatic nitrogens is 3. The number of hydrogen-bond donors (Lipinski definition) is 0. The second-order valence-electron chi connectivity index (χ2n) is 3.02. The Kier molecular flexibility index (Phi) is 3.73. The highest BCUT2D eigenvalue weighted by atomic mass is 19.4. The summed E-state index contributed by atoms with van der Waals surface area (Å²) in [5.41, 5.74) is 0. The normalized spacial score (nSPS) is 12.6. The molecule has 1 heterocycles. The molecule has 0 saturated heterocycles. The van der Waals surface area contributed by atoms with Gasteiger partial charge in [-0.3, -0.25) is 0 Å². The third-order valence-corrected chi connectivity index (χ3v) is 1.50. The van der Waals surface area contributed by atoms with Crippen molar-refractivity contribution in [2.45, 2.75) is 12.4 Å². The lowest BCUT2D eigenvalue weighted by molar-refractivity contribution is -0.137. The number of nitrogens with zero attached hydrogens (tertiary/aromatic N) is 4. The maximum Gasteiger partial charge on any atom is 0.406 e. The van der Waals surface area contributed by atoms with Crippen LogP contribution in [0.2, 0.25) is 0 Å². The quantitative estimate of drug-likeness (QED) is 0.777. The molecule has 0 fully saturated rings. The molecule has 0 saturated carbocycles. The van der Waals surface area contributed by atoms with Crippen LogP contribution in [-0.2, 0) is 0 Å².